The first-order chi connectivity index (χ1) is 12.8. The van der Waals surface area contributed by atoms with E-state index in [0.29, 0.717) is 25.6 Å². The molecule has 2 aromatic rings. The van der Waals surface area contributed by atoms with Crippen molar-refractivity contribution in [2.24, 2.45) is 12.0 Å². The summed E-state index contributed by atoms with van der Waals surface area (Å²) in [5.74, 6) is 1.22. The van der Waals surface area contributed by atoms with E-state index in [1.807, 2.05) is 34.7 Å². The summed E-state index contributed by atoms with van der Waals surface area (Å²) >= 11 is 0. The molecule has 0 atom stereocenters. The SMILES string of the molecule is CCNC(=NCC(=O)NC(C)(C)C)NCCNc1ncnc2c1cnn2C.I. The summed E-state index contributed by atoms with van der Waals surface area (Å²) in [6.07, 6.45) is 3.25. The van der Waals surface area contributed by atoms with Gasteiger partial charge in [-0.05, 0) is 27.7 Å². The predicted molar refractivity (Wildman–Crippen MR) is 122 cm³/mol. The molecule has 0 spiro atoms. The molecule has 0 aliphatic heterocycles. The van der Waals surface area contributed by atoms with Crippen molar-refractivity contribution in [3.05, 3.63) is 12.5 Å². The van der Waals surface area contributed by atoms with E-state index >= 15 is 0 Å². The predicted octanol–water partition coefficient (Wildman–Crippen LogP) is 0.863. The molecule has 0 unspecified atom stereocenters. The lowest BCUT2D eigenvalue weighted by Gasteiger charge is -2.20. The summed E-state index contributed by atoms with van der Waals surface area (Å²) in [6, 6.07) is 0. The number of amides is 1. The van der Waals surface area contributed by atoms with E-state index in [1.54, 1.807) is 10.9 Å². The van der Waals surface area contributed by atoms with Crippen LogP contribution >= 0.6 is 24.0 Å². The highest BCUT2D eigenvalue weighted by Gasteiger charge is 2.13. The lowest BCUT2D eigenvalue weighted by molar-refractivity contribution is -0.121. The molecule has 0 aliphatic carbocycles. The van der Waals surface area contributed by atoms with E-state index in [-0.39, 0.29) is 42.0 Å². The monoisotopic (exact) mass is 503 g/mol. The van der Waals surface area contributed by atoms with Crippen LogP contribution in [0.4, 0.5) is 5.82 Å². The molecule has 4 N–H and O–H groups in total. The highest BCUT2D eigenvalue weighted by molar-refractivity contribution is 14.0. The first-order valence-corrected chi connectivity index (χ1v) is 9.00. The maximum absolute atomic E-state index is 11.9. The number of anilines is 1. The molecule has 2 aromatic heterocycles. The minimum Gasteiger partial charge on any atom is -0.368 e. The Hall–Kier alpha value is -2.18. The third-order valence-electron chi connectivity index (χ3n) is 3.48. The van der Waals surface area contributed by atoms with Crippen LogP contribution in [-0.2, 0) is 11.8 Å². The number of fused-ring (bicyclic) bond motifs is 1. The number of halogens is 1. The van der Waals surface area contributed by atoms with Crippen LogP contribution < -0.4 is 21.3 Å². The van der Waals surface area contributed by atoms with Gasteiger partial charge in [0.25, 0.3) is 0 Å². The van der Waals surface area contributed by atoms with Gasteiger partial charge in [-0.1, -0.05) is 0 Å². The number of carbonyl (C=O) groups excluding carboxylic acids is 1. The largest absolute Gasteiger partial charge is 0.368 e. The molecule has 0 fully saturated rings. The number of hydrogen-bond donors (Lipinski definition) is 4. The minimum absolute atomic E-state index is 0. The molecule has 28 heavy (non-hydrogen) atoms. The fourth-order valence-corrected chi connectivity index (χ4v) is 2.42. The number of nitrogens with zero attached hydrogens (tertiary/aromatic N) is 5. The standard InChI is InChI=1S/C17H29N9O.HI/c1-6-18-16(21-10-13(27)25-17(2,3)4)20-8-7-19-14-12-9-24-26(5)15(12)23-11-22-14;/h9,11H,6-8,10H2,1-5H3,(H,25,27)(H2,18,20,21)(H,19,22,23);1H. The molecule has 11 heteroatoms. The summed E-state index contributed by atoms with van der Waals surface area (Å²) in [6.45, 7) is 9.82. The number of hydrogen-bond acceptors (Lipinski definition) is 6. The van der Waals surface area contributed by atoms with E-state index in [1.165, 1.54) is 6.33 Å². The fraction of sp³-hybridized carbons (Fsp3) is 0.588. The molecule has 1 amide bonds. The second kappa shape index (κ2) is 11.0. The van der Waals surface area contributed by atoms with Crippen molar-refractivity contribution in [3.63, 3.8) is 0 Å². The van der Waals surface area contributed by atoms with Gasteiger partial charge in [0.15, 0.2) is 11.6 Å². The van der Waals surface area contributed by atoms with Crippen LogP contribution in [0.2, 0.25) is 0 Å². The van der Waals surface area contributed by atoms with Crippen LogP contribution in [-0.4, -0.2) is 63.3 Å². The summed E-state index contributed by atoms with van der Waals surface area (Å²) in [7, 11) is 1.84. The minimum atomic E-state index is -0.266. The van der Waals surface area contributed by atoms with Crippen LogP contribution in [0.5, 0.6) is 0 Å². The third-order valence-corrected chi connectivity index (χ3v) is 3.48. The van der Waals surface area contributed by atoms with E-state index < -0.39 is 0 Å². The zero-order valence-electron chi connectivity index (χ0n) is 17.0. The summed E-state index contributed by atoms with van der Waals surface area (Å²) < 4.78 is 1.71. The smallest absolute Gasteiger partial charge is 0.242 e. The molecule has 156 valence electrons. The van der Waals surface area contributed by atoms with Crippen LogP contribution in [0.15, 0.2) is 17.5 Å². The van der Waals surface area contributed by atoms with E-state index in [0.717, 1.165) is 16.9 Å². The molecule has 2 rings (SSSR count). The first-order valence-electron chi connectivity index (χ1n) is 9.00. The zero-order chi connectivity index (χ0) is 19.9. The third kappa shape index (κ3) is 7.44. The van der Waals surface area contributed by atoms with Gasteiger partial charge < -0.3 is 21.3 Å². The molecule has 0 aliphatic rings. The average molecular weight is 503 g/mol. The van der Waals surface area contributed by atoms with Gasteiger partial charge in [-0.3, -0.25) is 9.48 Å². The fourth-order valence-electron chi connectivity index (χ4n) is 2.42. The van der Waals surface area contributed by atoms with Gasteiger partial charge in [-0.25, -0.2) is 15.0 Å². The lowest BCUT2D eigenvalue weighted by Crippen LogP contribution is -2.43. The Labute approximate surface area is 182 Å². The van der Waals surface area contributed by atoms with Crippen molar-refractivity contribution < 1.29 is 4.79 Å². The average Bonchev–Trinajstić information content (AvgIpc) is 2.97. The number of aliphatic imine (C=N–C) groups is 1. The Morgan fingerprint density at radius 3 is 2.64 bits per heavy atom. The number of carbonyl (C=O) groups is 1. The normalized spacial score (nSPS) is 11.7. The van der Waals surface area contributed by atoms with Crippen molar-refractivity contribution in [3.8, 4) is 0 Å². The molecule has 10 nitrogen and oxygen atoms in total. The summed E-state index contributed by atoms with van der Waals surface area (Å²) in [5.41, 5.74) is 0.512. The molecular weight excluding hydrogens is 473 g/mol. The van der Waals surface area contributed by atoms with E-state index in [9.17, 15) is 4.79 Å². The van der Waals surface area contributed by atoms with Gasteiger partial charge in [-0.15, -0.1) is 24.0 Å². The van der Waals surface area contributed by atoms with Gasteiger partial charge in [0.2, 0.25) is 5.91 Å². The molecule has 0 saturated carbocycles. The van der Waals surface area contributed by atoms with Crippen LogP contribution in [0.25, 0.3) is 11.0 Å². The summed E-state index contributed by atoms with van der Waals surface area (Å²) in [5, 5.41) is 17.5. The van der Waals surface area contributed by atoms with Gasteiger partial charge >= 0.3 is 0 Å². The number of guanidine groups is 1. The number of rotatable bonds is 7. The van der Waals surface area contributed by atoms with Crippen LogP contribution in [0.1, 0.15) is 27.7 Å². The summed E-state index contributed by atoms with van der Waals surface area (Å²) in [4.78, 5) is 24.7. The van der Waals surface area contributed by atoms with Crippen molar-refractivity contribution in [2.45, 2.75) is 33.2 Å². The topological polar surface area (TPSA) is 121 Å². The highest BCUT2D eigenvalue weighted by Crippen LogP contribution is 2.16. The lowest BCUT2D eigenvalue weighted by atomic mass is 10.1. The van der Waals surface area contributed by atoms with Gasteiger partial charge in [0, 0.05) is 32.2 Å². The van der Waals surface area contributed by atoms with Gasteiger partial charge in [0.05, 0.1) is 11.6 Å². The number of aryl methyl sites for hydroxylation is 1. The Kier molecular flexibility index (Phi) is 9.35. The molecule has 0 radical (unpaired) electrons. The molecule has 0 aromatic carbocycles. The highest BCUT2D eigenvalue weighted by atomic mass is 127. The van der Waals surface area contributed by atoms with Crippen molar-refractivity contribution in [2.75, 3.05) is 31.5 Å². The van der Waals surface area contributed by atoms with E-state index in [4.69, 9.17) is 0 Å². The van der Waals surface area contributed by atoms with Crippen molar-refractivity contribution in [1.29, 1.82) is 0 Å². The Balaban J connectivity index is 0.00000392. The Morgan fingerprint density at radius 1 is 1.21 bits per heavy atom. The van der Waals surface area contributed by atoms with Crippen molar-refractivity contribution in [1.82, 2.24) is 35.7 Å². The molecular formula is C17H30IN9O. The second-order valence-electron chi connectivity index (χ2n) is 7.07. The van der Waals surface area contributed by atoms with Crippen LogP contribution in [0.3, 0.4) is 0 Å². The molecule has 0 saturated heterocycles. The Bertz CT molecular complexity index is 798. The maximum Gasteiger partial charge on any atom is 0.242 e. The van der Waals surface area contributed by atoms with Gasteiger partial charge in [-0.2, -0.15) is 5.10 Å². The number of nitrogens with one attached hydrogen (secondary N) is 4. The zero-order valence-corrected chi connectivity index (χ0v) is 19.4. The molecule has 2 heterocycles. The molecule has 0 bridgehead atoms. The maximum atomic E-state index is 11.9. The van der Waals surface area contributed by atoms with Crippen LogP contribution in [0, 0.1) is 0 Å². The van der Waals surface area contributed by atoms with E-state index in [2.05, 4.69) is 41.3 Å². The number of aromatic nitrogens is 4. The Morgan fingerprint density at radius 2 is 1.96 bits per heavy atom. The quantitative estimate of drug-likeness (QED) is 0.192. The van der Waals surface area contributed by atoms with Gasteiger partial charge in [0.1, 0.15) is 18.7 Å². The van der Waals surface area contributed by atoms with Crippen molar-refractivity contribution >= 4 is 52.7 Å². The second-order valence-corrected chi connectivity index (χ2v) is 7.07. The first kappa shape index (κ1) is 23.9.